The first-order chi connectivity index (χ1) is 8.22. The molecule has 0 aromatic heterocycles. The van der Waals surface area contributed by atoms with Crippen LogP contribution in [0.2, 0.25) is 0 Å². The van der Waals surface area contributed by atoms with E-state index in [1.807, 2.05) is 0 Å². The van der Waals surface area contributed by atoms with Crippen LogP contribution in [0.25, 0.3) is 0 Å². The zero-order valence-electron chi connectivity index (χ0n) is 9.33. The lowest BCUT2D eigenvalue weighted by Gasteiger charge is -2.12. The maximum Gasteiger partial charge on any atom is 0.161 e. The molecule has 0 radical (unpaired) electrons. The Bertz CT molecular complexity index is 380. The average Bonchev–Trinajstić information content (AvgIpc) is 2.36. The molecule has 0 unspecified atom stereocenters. The molecule has 0 atom stereocenters. The number of hydrogen-bond donors (Lipinski definition) is 4. The Kier molecular flexibility index (Phi) is 5.48. The van der Waals surface area contributed by atoms with Gasteiger partial charge < -0.3 is 25.2 Å². The summed E-state index contributed by atoms with van der Waals surface area (Å²) in [6, 6.07) is 6.44. The summed E-state index contributed by atoms with van der Waals surface area (Å²) in [4.78, 5) is 0. The van der Waals surface area contributed by atoms with E-state index in [-0.39, 0.29) is 37.9 Å². The van der Waals surface area contributed by atoms with Gasteiger partial charge in [-0.2, -0.15) is 0 Å². The van der Waals surface area contributed by atoms with Crippen molar-refractivity contribution in [1.82, 2.24) is 0 Å². The zero-order valence-corrected chi connectivity index (χ0v) is 9.33. The number of aromatic hydroxyl groups is 1. The first-order valence-electron chi connectivity index (χ1n) is 5.16. The fourth-order valence-electron chi connectivity index (χ4n) is 1.28. The van der Waals surface area contributed by atoms with Crippen LogP contribution in [-0.4, -0.2) is 46.9 Å². The van der Waals surface area contributed by atoms with Crippen LogP contribution >= 0.6 is 0 Å². The molecule has 5 heteroatoms. The summed E-state index contributed by atoms with van der Waals surface area (Å²) in [6.45, 7) is -0.984. The van der Waals surface area contributed by atoms with Crippen LogP contribution in [0.1, 0.15) is 0 Å². The summed E-state index contributed by atoms with van der Waals surface area (Å²) >= 11 is 0. The highest BCUT2D eigenvalue weighted by molar-refractivity contribution is 5.38. The summed E-state index contributed by atoms with van der Waals surface area (Å²) < 4.78 is 5.28. The summed E-state index contributed by atoms with van der Waals surface area (Å²) in [6.07, 6.45) is 0. The second-order valence-corrected chi connectivity index (χ2v) is 3.44. The van der Waals surface area contributed by atoms with Gasteiger partial charge in [0.15, 0.2) is 11.5 Å². The van der Waals surface area contributed by atoms with E-state index in [2.05, 4.69) is 0 Å². The lowest BCUT2D eigenvalue weighted by atomic mass is 10.1. The first-order valence-corrected chi connectivity index (χ1v) is 5.16. The number of benzene rings is 1. The van der Waals surface area contributed by atoms with Crippen LogP contribution in [0.4, 0.5) is 0 Å². The number of ether oxygens (including phenoxy) is 1. The normalized spacial score (nSPS) is 10.1. The van der Waals surface area contributed by atoms with Gasteiger partial charge in [0.2, 0.25) is 0 Å². The molecule has 4 N–H and O–H groups in total. The predicted molar refractivity (Wildman–Crippen MR) is 61.9 cm³/mol. The van der Waals surface area contributed by atoms with Crippen LogP contribution in [0.3, 0.4) is 0 Å². The van der Waals surface area contributed by atoms with E-state index >= 15 is 0 Å². The molecule has 0 aliphatic rings. The van der Waals surface area contributed by atoms with Crippen molar-refractivity contribution in [2.45, 2.75) is 0 Å². The third kappa shape index (κ3) is 3.74. The number of aliphatic hydroxyl groups excluding tert-OH is 3. The van der Waals surface area contributed by atoms with Crippen molar-refractivity contribution < 1.29 is 25.2 Å². The van der Waals surface area contributed by atoms with Crippen LogP contribution in [0, 0.1) is 0 Å². The molecule has 0 heterocycles. The van der Waals surface area contributed by atoms with Gasteiger partial charge in [0, 0.05) is 0 Å². The minimum absolute atomic E-state index is 0.000614. The van der Waals surface area contributed by atoms with E-state index in [9.17, 15) is 5.11 Å². The van der Waals surface area contributed by atoms with Crippen molar-refractivity contribution in [3.63, 3.8) is 0 Å². The molecular weight excluding hydrogens is 224 g/mol. The van der Waals surface area contributed by atoms with E-state index < -0.39 is 0 Å². The highest BCUT2D eigenvalue weighted by atomic mass is 16.5. The van der Waals surface area contributed by atoms with E-state index in [1.54, 1.807) is 18.2 Å². The number of phenols is 1. The van der Waals surface area contributed by atoms with Gasteiger partial charge in [-0.05, 0) is 23.3 Å². The van der Waals surface area contributed by atoms with Crippen LogP contribution in [0.15, 0.2) is 35.4 Å². The Morgan fingerprint density at radius 2 is 1.53 bits per heavy atom. The molecule has 17 heavy (non-hydrogen) atoms. The Morgan fingerprint density at radius 3 is 2.06 bits per heavy atom. The number of hydrogen-bond acceptors (Lipinski definition) is 5. The van der Waals surface area contributed by atoms with Crippen LogP contribution < -0.4 is 4.74 Å². The largest absolute Gasteiger partial charge is 0.504 e. The second kappa shape index (κ2) is 6.90. The molecule has 0 saturated heterocycles. The van der Waals surface area contributed by atoms with Gasteiger partial charge in [-0.15, -0.1) is 0 Å². The topological polar surface area (TPSA) is 90.2 Å². The summed E-state index contributed by atoms with van der Waals surface area (Å²) in [5.74, 6) is 0.285. The minimum atomic E-state index is -0.337. The molecule has 0 aliphatic heterocycles. The van der Waals surface area contributed by atoms with Gasteiger partial charge >= 0.3 is 0 Å². The highest BCUT2D eigenvalue weighted by Gasteiger charge is 2.07. The maximum atomic E-state index is 9.45. The Balaban J connectivity index is 2.72. The van der Waals surface area contributed by atoms with E-state index in [0.29, 0.717) is 11.1 Å². The molecule has 0 fully saturated rings. The molecule has 0 bridgehead atoms. The van der Waals surface area contributed by atoms with E-state index in [1.165, 1.54) is 6.07 Å². The molecule has 5 nitrogen and oxygen atoms in total. The van der Waals surface area contributed by atoms with Crippen LogP contribution in [-0.2, 0) is 0 Å². The SMILES string of the molecule is OCC(CO)=C(CO)COc1ccccc1O. The highest BCUT2D eigenvalue weighted by Crippen LogP contribution is 2.24. The fraction of sp³-hybridized carbons (Fsp3) is 0.333. The molecule has 0 saturated carbocycles. The molecule has 94 valence electrons. The maximum absolute atomic E-state index is 9.45. The number of para-hydroxylation sites is 2. The van der Waals surface area contributed by atoms with Crippen molar-refractivity contribution in [1.29, 1.82) is 0 Å². The Morgan fingerprint density at radius 1 is 0.941 bits per heavy atom. The van der Waals surface area contributed by atoms with E-state index in [0.717, 1.165) is 0 Å². The monoisotopic (exact) mass is 240 g/mol. The fourth-order valence-corrected chi connectivity index (χ4v) is 1.28. The van der Waals surface area contributed by atoms with Gasteiger partial charge in [0.25, 0.3) is 0 Å². The summed E-state index contributed by atoms with van der Waals surface area (Å²) in [5, 5.41) is 36.4. The smallest absolute Gasteiger partial charge is 0.161 e. The molecule has 1 aromatic rings. The minimum Gasteiger partial charge on any atom is -0.504 e. The third-order valence-corrected chi connectivity index (χ3v) is 2.34. The third-order valence-electron chi connectivity index (χ3n) is 2.34. The lowest BCUT2D eigenvalue weighted by molar-refractivity contribution is 0.248. The van der Waals surface area contributed by atoms with Crippen LogP contribution in [0.5, 0.6) is 11.5 Å². The zero-order chi connectivity index (χ0) is 12.7. The Labute approximate surface area is 99.2 Å². The van der Waals surface area contributed by atoms with Gasteiger partial charge in [-0.25, -0.2) is 0 Å². The summed E-state index contributed by atoms with van der Waals surface area (Å²) in [7, 11) is 0. The molecule has 0 amide bonds. The van der Waals surface area contributed by atoms with Crippen molar-refractivity contribution >= 4 is 0 Å². The second-order valence-electron chi connectivity index (χ2n) is 3.44. The number of aliphatic hydroxyl groups is 3. The summed E-state index contributed by atoms with van der Waals surface area (Å²) in [5.41, 5.74) is 0.723. The van der Waals surface area contributed by atoms with Gasteiger partial charge in [-0.3, -0.25) is 0 Å². The van der Waals surface area contributed by atoms with Crippen molar-refractivity contribution in [2.75, 3.05) is 26.4 Å². The molecule has 0 spiro atoms. The van der Waals surface area contributed by atoms with E-state index in [4.69, 9.17) is 20.1 Å². The lowest BCUT2D eigenvalue weighted by Crippen LogP contribution is -2.12. The molecular formula is C12H16O5. The molecule has 0 aliphatic carbocycles. The van der Waals surface area contributed by atoms with Crippen molar-refractivity contribution in [2.24, 2.45) is 0 Å². The quantitative estimate of drug-likeness (QED) is 0.527. The standard InChI is InChI=1S/C12H16O5/c13-5-9(6-14)10(7-15)8-17-12-4-2-1-3-11(12)16/h1-4,13-16H,5-8H2. The number of rotatable bonds is 6. The van der Waals surface area contributed by atoms with Crippen molar-refractivity contribution in [3.05, 3.63) is 35.4 Å². The van der Waals surface area contributed by atoms with Gasteiger partial charge in [0.05, 0.1) is 19.8 Å². The van der Waals surface area contributed by atoms with Gasteiger partial charge in [0.1, 0.15) is 6.61 Å². The van der Waals surface area contributed by atoms with Gasteiger partial charge in [-0.1, -0.05) is 12.1 Å². The predicted octanol–water partition coefficient (Wildman–Crippen LogP) is 0.0445. The average molecular weight is 240 g/mol. The molecule has 1 rings (SSSR count). The molecule has 1 aromatic carbocycles. The Hall–Kier alpha value is -1.56. The van der Waals surface area contributed by atoms with Crippen molar-refractivity contribution in [3.8, 4) is 11.5 Å². The first kappa shape index (κ1) is 13.5. The number of phenolic OH excluding ortho intramolecular Hbond substituents is 1.